The SMILES string of the molecule is C=C(CCCO)C(=O)O.C=CC(=O)O. The number of aliphatic hydroxyl groups excluding tert-OH is 1. The summed E-state index contributed by atoms with van der Waals surface area (Å²) in [6.45, 7) is 6.26. The van der Waals surface area contributed by atoms with Crippen molar-refractivity contribution in [3.05, 3.63) is 24.8 Å². The molecule has 14 heavy (non-hydrogen) atoms. The molecule has 5 heteroatoms. The second-order valence-corrected chi connectivity index (χ2v) is 2.28. The topological polar surface area (TPSA) is 94.8 Å². The van der Waals surface area contributed by atoms with Crippen molar-refractivity contribution in [1.29, 1.82) is 0 Å². The fourth-order valence-electron chi connectivity index (χ4n) is 0.399. The van der Waals surface area contributed by atoms with Crippen LogP contribution in [-0.4, -0.2) is 33.9 Å². The van der Waals surface area contributed by atoms with E-state index >= 15 is 0 Å². The molecule has 0 amide bonds. The number of hydrogen-bond donors (Lipinski definition) is 3. The molecular weight excluding hydrogens is 188 g/mol. The predicted octanol–water partition coefficient (Wildman–Crippen LogP) is 0.657. The maximum atomic E-state index is 10.0. The van der Waals surface area contributed by atoms with Gasteiger partial charge in [0.05, 0.1) is 0 Å². The zero-order valence-corrected chi connectivity index (χ0v) is 7.77. The van der Waals surface area contributed by atoms with Crippen molar-refractivity contribution in [2.45, 2.75) is 12.8 Å². The van der Waals surface area contributed by atoms with E-state index < -0.39 is 11.9 Å². The van der Waals surface area contributed by atoms with Gasteiger partial charge in [-0.05, 0) is 12.8 Å². The third-order valence-electron chi connectivity index (χ3n) is 1.11. The number of hydrogen-bond acceptors (Lipinski definition) is 3. The fraction of sp³-hybridized carbons (Fsp3) is 0.333. The van der Waals surface area contributed by atoms with Gasteiger partial charge in [0.15, 0.2) is 0 Å². The van der Waals surface area contributed by atoms with E-state index in [1.807, 2.05) is 0 Å². The monoisotopic (exact) mass is 202 g/mol. The van der Waals surface area contributed by atoms with Crippen molar-refractivity contribution < 1.29 is 24.9 Å². The van der Waals surface area contributed by atoms with Gasteiger partial charge in [0.25, 0.3) is 0 Å². The zero-order valence-electron chi connectivity index (χ0n) is 7.77. The largest absolute Gasteiger partial charge is 0.478 e. The molecule has 0 aromatic rings. The minimum atomic E-state index is -0.983. The highest BCUT2D eigenvalue weighted by Gasteiger charge is 2.00. The molecule has 3 N–H and O–H groups in total. The fourth-order valence-corrected chi connectivity index (χ4v) is 0.399. The van der Waals surface area contributed by atoms with Crippen LogP contribution in [0, 0.1) is 0 Å². The lowest BCUT2D eigenvalue weighted by Gasteiger charge is -1.94. The van der Waals surface area contributed by atoms with Gasteiger partial charge in [0.1, 0.15) is 0 Å². The number of carbonyl (C=O) groups is 2. The van der Waals surface area contributed by atoms with Crippen LogP contribution in [0.5, 0.6) is 0 Å². The summed E-state index contributed by atoms with van der Waals surface area (Å²) in [6, 6.07) is 0. The van der Waals surface area contributed by atoms with Crippen LogP contribution < -0.4 is 0 Å². The average molecular weight is 202 g/mol. The molecule has 0 aromatic carbocycles. The summed E-state index contributed by atoms with van der Waals surface area (Å²) in [5.74, 6) is -1.96. The molecule has 0 heterocycles. The summed E-state index contributed by atoms with van der Waals surface area (Å²) in [6.07, 6.45) is 1.68. The van der Waals surface area contributed by atoms with Crippen molar-refractivity contribution in [1.82, 2.24) is 0 Å². The van der Waals surface area contributed by atoms with Crippen molar-refractivity contribution >= 4 is 11.9 Å². The maximum absolute atomic E-state index is 10.0. The Labute approximate surface area is 82.0 Å². The lowest BCUT2D eigenvalue weighted by atomic mass is 10.2. The summed E-state index contributed by atoms with van der Waals surface area (Å²) in [5, 5.41) is 24.1. The first-order chi connectivity index (χ1) is 6.45. The first-order valence-electron chi connectivity index (χ1n) is 3.83. The summed E-state index contributed by atoms with van der Waals surface area (Å²) >= 11 is 0. The molecule has 80 valence electrons. The number of carboxylic acid groups (broad SMARTS) is 2. The second kappa shape index (κ2) is 9.47. The number of aliphatic carboxylic acids is 2. The molecule has 0 rings (SSSR count). The lowest BCUT2D eigenvalue weighted by Crippen LogP contribution is -1.99. The van der Waals surface area contributed by atoms with Gasteiger partial charge in [-0.25, -0.2) is 9.59 Å². The van der Waals surface area contributed by atoms with Gasteiger partial charge in [-0.3, -0.25) is 0 Å². The molecular formula is C9H14O5. The summed E-state index contributed by atoms with van der Waals surface area (Å²) < 4.78 is 0. The summed E-state index contributed by atoms with van der Waals surface area (Å²) in [7, 11) is 0. The van der Waals surface area contributed by atoms with Gasteiger partial charge in [-0.1, -0.05) is 13.2 Å². The van der Waals surface area contributed by atoms with Gasteiger partial charge >= 0.3 is 11.9 Å². The normalized spacial score (nSPS) is 8.07. The van der Waals surface area contributed by atoms with E-state index in [0.717, 1.165) is 6.08 Å². The van der Waals surface area contributed by atoms with E-state index in [-0.39, 0.29) is 12.2 Å². The predicted molar refractivity (Wildman–Crippen MR) is 50.9 cm³/mol. The Morgan fingerprint density at radius 2 is 1.71 bits per heavy atom. The Kier molecular flexibility index (Phi) is 10.1. The number of carboxylic acids is 2. The van der Waals surface area contributed by atoms with E-state index in [9.17, 15) is 9.59 Å². The minimum Gasteiger partial charge on any atom is -0.478 e. The molecule has 0 bridgehead atoms. The second-order valence-electron chi connectivity index (χ2n) is 2.28. The average Bonchev–Trinajstić information content (AvgIpc) is 2.14. The highest BCUT2D eigenvalue weighted by Crippen LogP contribution is 2.00. The molecule has 0 aliphatic rings. The van der Waals surface area contributed by atoms with Gasteiger partial charge in [-0.2, -0.15) is 0 Å². The van der Waals surface area contributed by atoms with Crippen LogP contribution in [0.3, 0.4) is 0 Å². The molecule has 0 saturated carbocycles. The quantitative estimate of drug-likeness (QED) is 0.569. The van der Waals surface area contributed by atoms with Crippen LogP contribution in [0.4, 0.5) is 0 Å². The van der Waals surface area contributed by atoms with Crippen molar-refractivity contribution in [3.8, 4) is 0 Å². The molecule has 5 nitrogen and oxygen atoms in total. The molecule has 0 aromatic heterocycles. The first-order valence-corrected chi connectivity index (χ1v) is 3.83. The standard InChI is InChI=1S/C6H10O3.C3H4O2/c1-5(6(8)9)3-2-4-7;1-2-3(4)5/h7H,1-4H2,(H,8,9);2H,1H2,(H,4,5). The molecule has 0 aliphatic heterocycles. The Morgan fingerprint density at radius 1 is 1.29 bits per heavy atom. The molecule has 0 aliphatic carbocycles. The molecule has 0 fully saturated rings. The van der Waals surface area contributed by atoms with Gasteiger partial charge < -0.3 is 15.3 Å². The molecule has 0 spiro atoms. The van der Waals surface area contributed by atoms with Crippen molar-refractivity contribution in [2.75, 3.05) is 6.61 Å². The third kappa shape index (κ3) is 13.0. The van der Waals surface area contributed by atoms with Crippen LogP contribution in [0.2, 0.25) is 0 Å². The summed E-state index contributed by atoms with van der Waals surface area (Å²) in [4.78, 5) is 19.3. The zero-order chi connectivity index (χ0) is 11.6. The Hall–Kier alpha value is -1.62. The van der Waals surface area contributed by atoms with Crippen molar-refractivity contribution in [2.24, 2.45) is 0 Å². The van der Waals surface area contributed by atoms with Crippen molar-refractivity contribution in [3.63, 3.8) is 0 Å². The molecule has 0 radical (unpaired) electrons. The Bertz CT molecular complexity index is 219. The molecule has 0 saturated heterocycles. The number of aliphatic hydroxyl groups is 1. The van der Waals surface area contributed by atoms with E-state index in [1.165, 1.54) is 0 Å². The maximum Gasteiger partial charge on any atom is 0.330 e. The minimum absolute atomic E-state index is 0.0201. The van der Waals surface area contributed by atoms with E-state index in [4.69, 9.17) is 15.3 Å². The van der Waals surface area contributed by atoms with Crippen LogP contribution in [0.15, 0.2) is 24.8 Å². The van der Waals surface area contributed by atoms with Crippen LogP contribution >= 0.6 is 0 Å². The highest BCUT2D eigenvalue weighted by atomic mass is 16.4. The Morgan fingerprint density at radius 3 is 1.93 bits per heavy atom. The molecule has 0 atom stereocenters. The van der Waals surface area contributed by atoms with Crippen LogP contribution in [0.1, 0.15) is 12.8 Å². The molecule has 0 unspecified atom stereocenters. The first kappa shape index (κ1) is 14.9. The van der Waals surface area contributed by atoms with Crippen LogP contribution in [0.25, 0.3) is 0 Å². The summed E-state index contributed by atoms with van der Waals surface area (Å²) in [5.41, 5.74) is 0.157. The smallest absolute Gasteiger partial charge is 0.330 e. The van der Waals surface area contributed by atoms with E-state index in [0.29, 0.717) is 12.8 Å². The van der Waals surface area contributed by atoms with Crippen LogP contribution in [-0.2, 0) is 9.59 Å². The number of rotatable bonds is 5. The van der Waals surface area contributed by atoms with E-state index in [2.05, 4.69) is 13.2 Å². The van der Waals surface area contributed by atoms with E-state index in [1.54, 1.807) is 0 Å². The highest BCUT2D eigenvalue weighted by molar-refractivity contribution is 5.85. The van der Waals surface area contributed by atoms with Gasteiger partial charge in [0, 0.05) is 18.3 Å². The lowest BCUT2D eigenvalue weighted by molar-refractivity contribution is -0.133. The third-order valence-corrected chi connectivity index (χ3v) is 1.11. The van der Waals surface area contributed by atoms with Gasteiger partial charge in [0.2, 0.25) is 0 Å². The Balaban J connectivity index is 0. The van der Waals surface area contributed by atoms with Gasteiger partial charge in [-0.15, -0.1) is 0 Å².